The maximum Gasteiger partial charge on any atom is 0.264 e. The predicted octanol–water partition coefficient (Wildman–Crippen LogP) is 4.39. The summed E-state index contributed by atoms with van der Waals surface area (Å²) >= 11 is 2.95. The van der Waals surface area contributed by atoms with Crippen LogP contribution in [0.15, 0.2) is 42.2 Å². The molecule has 160 valence electrons. The molecule has 9 heteroatoms. The van der Waals surface area contributed by atoms with Gasteiger partial charge in [-0.25, -0.2) is 15.0 Å². The molecule has 0 fully saturated rings. The molecule has 0 atom stereocenters. The molecule has 1 aromatic carbocycles. The van der Waals surface area contributed by atoms with Crippen LogP contribution in [0.25, 0.3) is 10.2 Å². The van der Waals surface area contributed by atoms with Gasteiger partial charge in [0.05, 0.1) is 23.9 Å². The van der Waals surface area contributed by atoms with Crippen molar-refractivity contribution in [3.8, 4) is 5.75 Å². The number of benzene rings is 1. The van der Waals surface area contributed by atoms with Crippen molar-refractivity contribution < 1.29 is 9.53 Å². The summed E-state index contributed by atoms with van der Waals surface area (Å²) in [5, 5.41) is 7.15. The van der Waals surface area contributed by atoms with E-state index in [0.717, 1.165) is 38.8 Å². The molecule has 4 rings (SSSR count). The summed E-state index contributed by atoms with van der Waals surface area (Å²) in [4.78, 5) is 29.4. The first-order valence-corrected chi connectivity index (χ1v) is 11.5. The van der Waals surface area contributed by atoms with Crippen LogP contribution in [0.1, 0.15) is 25.8 Å². The molecule has 0 bridgehead atoms. The van der Waals surface area contributed by atoms with Crippen molar-refractivity contribution >= 4 is 44.6 Å². The highest BCUT2D eigenvalue weighted by Crippen LogP contribution is 2.34. The molecule has 3 heterocycles. The minimum absolute atomic E-state index is 0.0296. The van der Waals surface area contributed by atoms with Crippen LogP contribution in [0, 0.1) is 6.92 Å². The van der Waals surface area contributed by atoms with Crippen LogP contribution in [0.3, 0.4) is 0 Å². The Hall–Kier alpha value is -3.04. The van der Waals surface area contributed by atoms with Gasteiger partial charge in [0.1, 0.15) is 27.7 Å². The zero-order chi connectivity index (χ0) is 21.8. The molecule has 0 unspecified atom stereocenters. The standard InChI is InChI=1S/C22H23N5O2S2/c1-14-18-20(24-8-7-15-5-4-6-16(11-15)29-3)25-13-26-21(18)31-19(14)22(28)27(2)12-17-23-9-10-30-17/h4-6,9-11,13H,7-8,12H2,1-3H3,(H,24,25,26). The minimum atomic E-state index is -0.0296. The van der Waals surface area contributed by atoms with Gasteiger partial charge in [-0.05, 0) is 36.6 Å². The number of carbonyl (C=O) groups is 1. The Morgan fingerprint density at radius 2 is 2.13 bits per heavy atom. The molecule has 0 radical (unpaired) electrons. The van der Waals surface area contributed by atoms with E-state index in [2.05, 4.69) is 26.3 Å². The Balaban J connectivity index is 1.51. The van der Waals surface area contributed by atoms with Gasteiger partial charge in [0.2, 0.25) is 0 Å². The molecule has 0 aliphatic rings. The summed E-state index contributed by atoms with van der Waals surface area (Å²) in [7, 11) is 3.47. The lowest BCUT2D eigenvalue weighted by molar-refractivity contribution is 0.0789. The minimum Gasteiger partial charge on any atom is -0.497 e. The summed E-state index contributed by atoms with van der Waals surface area (Å²) in [6, 6.07) is 8.02. The summed E-state index contributed by atoms with van der Waals surface area (Å²) in [5.41, 5.74) is 2.08. The van der Waals surface area contributed by atoms with E-state index in [4.69, 9.17) is 4.74 Å². The summed E-state index contributed by atoms with van der Waals surface area (Å²) in [6.45, 7) is 3.16. The van der Waals surface area contributed by atoms with Gasteiger partial charge >= 0.3 is 0 Å². The largest absolute Gasteiger partial charge is 0.497 e. The molecule has 7 nitrogen and oxygen atoms in total. The fourth-order valence-corrected chi connectivity index (χ4v) is 5.15. The van der Waals surface area contributed by atoms with E-state index in [-0.39, 0.29) is 5.91 Å². The molecular formula is C22H23N5O2S2. The first-order valence-electron chi connectivity index (χ1n) is 9.81. The number of hydrogen-bond donors (Lipinski definition) is 1. The highest BCUT2D eigenvalue weighted by atomic mass is 32.1. The number of rotatable bonds is 8. The molecular weight excluding hydrogens is 430 g/mol. The monoisotopic (exact) mass is 453 g/mol. The fraction of sp³-hybridized carbons (Fsp3) is 0.273. The van der Waals surface area contributed by atoms with Crippen LogP contribution in [0.5, 0.6) is 5.75 Å². The van der Waals surface area contributed by atoms with Gasteiger partial charge in [0.15, 0.2) is 0 Å². The van der Waals surface area contributed by atoms with E-state index in [1.165, 1.54) is 16.9 Å². The number of amides is 1. The molecule has 1 amide bonds. The van der Waals surface area contributed by atoms with E-state index in [1.54, 1.807) is 42.9 Å². The summed E-state index contributed by atoms with van der Waals surface area (Å²) in [6.07, 6.45) is 4.12. The van der Waals surface area contributed by atoms with Gasteiger partial charge in [-0.15, -0.1) is 22.7 Å². The quantitative estimate of drug-likeness (QED) is 0.426. The summed E-state index contributed by atoms with van der Waals surface area (Å²) < 4.78 is 5.29. The number of fused-ring (bicyclic) bond motifs is 1. The van der Waals surface area contributed by atoms with Gasteiger partial charge in [-0.2, -0.15) is 0 Å². The van der Waals surface area contributed by atoms with Crippen molar-refractivity contribution in [3.05, 3.63) is 63.2 Å². The highest BCUT2D eigenvalue weighted by Gasteiger charge is 2.22. The van der Waals surface area contributed by atoms with Crippen molar-refractivity contribution in [3.63, 3.8) is 0 Å². The third kappa shape index (κ3) is 4.67. The molecule has 31 heavy (non-hydrogen) atoms. The number of methoxy groups -OCH3 is 1. The average molecular weight is 454 g/mol. The molecule has 0 saturated carbocycles. The molecule has 0 saturated heterocycles. The van der Waals surface area contributed by atoms with Crippen LogP contribution < -0.4 is 10.1 Å². The van der Waals surface area contributed by atoms with Crippen LogP contribution in [-0.2, 0) is 13.0 Å². The molecule has 1 N–H and O–H groups in total. The van der Waals surface area contributed by atoms with Gasteiger partial charge in [0, 0.05) is 25.2 Å². The smallest absolute Gasteiger partial charge is 0.264 e. The third-order valence-corrected chi connectivity index (χ3v) is 6.92. The van der Waals surface area contributed by atoms with Gasteiger partial charge in [-0.1, -0.05) is 12.1 Å². The van der Waals surface area contributed by atoms with Crippen molar-refractivity contribution in [2.24, 2.45) is 0 Å². The zero-order valence-electron chi connectivity index (χ0n) is 17.6. The van der Waals surface area contributed by atoms with E-state index in [9.17, 15) is 4.79 Å². The number of ether oxygens (including phenoxy) is 1. The number of aryl methyl sites for hydroxylation is 1. The SMILES string of the molecule is COc1cccc(CCNc2ncnc3sc(C(=O)N(C)Cc4nccs4)c(C)c23)c1. The van der Waals surface area contributed by atoms with Gasteiger partial charge < -0.3 is 15.0 Å². The number of thiophene rings is 1. The molecule has 0 aliphatic heterocycles. The molecule has 0 aliphatic carbocycles. The second-order valence-corrected chi connectivity index (χ2v) is 9.05. The first-order chi connectivity index (χ1) is 15.1. The first kappa shape index (κ1) is 21.2. The van der Waals surface area contributed by atoms with Crippen molar-refractivity contribution in [1.82, 2.24) is 19.9 Å². The fourth-order valence-electron chi connectivity index (χ4n) is 3.34. The van der Waals surface area contributed by atoms with Gasteiger partial charge in [0.25, 0.3) is 5.91 Å². The molecule has 0 spiro atoms. The van der Waals surface area contributed by atoms with Crippen LogP contribution in [0.4, 0.5) is 5.82 Å². The third-order valence-electron chi connectivity index (χ3n) is 4.96. The second kappa shape index (κ2) is 9.40. The Morgan fingerprint density at radius 3 is 2.90 bits per heavy atom. The van der Waals surface area contributed by atoms with E-state index < -0.39 is 0 Å². The summed E-state index contributed by atoms with van der Waals surface area (Å²) in [5.74, 6) is 1.57. The molecule has 4 aromatic rings. The lowest BCUT2D eigenvalue weighted by Crippen LogP contribution is -2.25. The zero-order valence-corrected chi connectivity index (χ0v) is 19.2. The maximum atomic E-state index is 13.1. The number of nitrogens with one attached hydrogen (secondary N) is 1. The highest BCUT2D eigenvalue weighted by molar-refractivity contribution is 7.20. The lowest BCUT2D eigenvalue weighted by Gasteiger charge is -2.15. The van der Waals surface area contributed by atoms with Crippen LogP contribution in [-0.4, -0.2) is 46.5 Å². The Kier molecular flexibility index (Phi) is 6.43. The normalized spacial score (nSPS) is 10.9. The maximum absolute atomic E-state index is 13.1. The molecule has 3 aromatic heterocycles. The predicted molar refractivity (Wildman–Crippen MR) is 125 cm³/mol. The number of carbonyl (C=O) groups excluding carboxylic acids is 1. The number of anilines is 1. The van der Waals surface area contributed by atoms with E-state index in [1.807, 2.05) is 30.5 Å². The van der Waals surface area contributed by atoms with E-state index >= 15 is 0 Å². The topological polar surface area (TPSA) is 80.2 Å². The average Bonchev–Trinajstić information content (AvgIpc) is 3.41. The second-order valence-electron chi connectivity index (χ2n) is 7.07. The van der Waals surface area contributed by atoms with Crippen LogP contribution in [0.2, 0.25) is 0 Å². The Bertz CT molecular complexity index is 1190. The Morgan fingerprint density at radius 1 is 1.26 bits per heavy atom. The number of thiazole rings is 1. The number of aromatic nitrogens is 3. The number of nitrogens with zero attached hydrogens (tertiary/aromatic N) is 4. The van der Waals surface area contributed by atoms with Crippen molar-refractivity contribution in [2.45, 2.75) is 19.9 Å². The number of hydrogen-bond acceptors (Lipinski definition) is 8. The lowest BCUT2D eigenvalue weighted by atomic mass is 10.1. The van der Waals surface area contributed by atoms with Crippen molar-refractivity contribution in [1.29, 1.82) is 0 Å². The van der Waals surface area contributed by atoms with E-state index in [0.29, 0.717) is 18.0 Å². The van der Waals surface area contributed by atoms with Crippen molar-refractivity contribution in [2.75, 3.05) is 26.0 Å². The van der Waals surface area contributed by atoms with Crippen LogP contribution >= 0.6 is 22.7 Å². The van der Waals surface area contributed by atoms with Gasteiger partial charge in [-0.3, -0.25) is 4.79 Å². The Labute approximate surface area is 188 Å².